The number of hydrogen-bond donors (Lipinski definition) is 1. The SMILES string of the molecule is CC(C)CCN1C(=O)C(C(C)C)Oc2ccc(CO)cc21. The summed E-state index contributed by atoms with van der Waals surface area (Å²) in [7, 11) is 0. The summed E-state index contributed by atoms with van der Waals surface area (Å²) in [5, 5.41) is 9.31. The summed E-state index contributed by atoms with van der Waals surface area (Å²) in [6, 6.07) is 5.54. The molecule has 0 saturated heterocycles. The summed E-state index contributed by atoms with van der Waals surface area (Å²) in [5.41, 5.74) is 1.58. The number of aliphatic hydroxyl groups excluding tert-OH is 1. The van der Waals surface area contributed by atoms with Crippen LogP contribution in [-0.2, 0) is 11.4 Å². The van der Waals surface area contributed by atoms with E-state index in [1.165, 1.54) is 0 Å². The van der Waals surface area contributed by atoms with Crippen molar-refractivity contribution in [2.24, 2.45) is 11.8 Å². The summed E-state index contributed by atoms with van der Waals surface area (Å²) < 4.78 is 5.87. The van der Waals surface area contributed by atoms with Crippen molar-refractivity contribution in [1.82, 2.24) is 0 Å². The number of carbonyl (C=O) groups is 1. The molecule has 1 aromatic rings. The molecule has 0 saturated carbocycles. The van der Waals surface area contributed by atoms with Gasteiger partial charge < -0.3 is 14.7 Å². The zero-order chi connectivity index (χ0) is 15.6. The third kappa shape index (κ3) is 3.38. The molecular weight excluding hydrogens is 266 g/mol. The molecule has 1 unspecified atom stereocenters. The number of benzene rings is 1. The summed E-state index contributed by atoms with van der Waals surface area (Å²) >= 11 is 0. The number of anilines is 1. The van der Waals surface area contributed by atoms with Crippen LogP contribution in [-0.4, -0.2) is 23.7 Å². The van der Waals surface area contributed by atoms with Crippen LogP contribution < -0.4 is 9.64 Å². The number of carbonyl (C=O) groups excluding carboxylic acids is 1. The fourth-order valence-corrected chi connectivity index (χ4v) is 2.47. The minimum Gasteiger partial charge on any atom is -0.478 e. The normalized spacial score (nSPS) is 18.1. The van der Waals surface area contributed by atoms with E-state index in [-0.39, 0.29) is 18.4 Å². The molecule has 0 aliphatic carbocycles. The van der Waals surface area contributed by atoms with Crippen molar-refractivity contribution in [1.29, 1.82) is 0 Å². The van der Waals surface area contributed by atoms with E-state index >= 15 is 0 Å². The molecule has 1 amide bonds. The number of hydrogen-bond acceptors (Lipinski definition) is 3. The Bertz CT molecular complexity index is 511. The highest BCUT2D eigenvalue weighted by Crippen LogP contribution is 2.36. The van der Waals surface area contributed by atoms with Crippen LogP contribution in [0, 0.1) is 11.8 Å². The van der Waals surface area contributed by atoms with Crippen molar-refractivity contribution < 1.29 is 14.6 Å². The van der Waals surface area contributed by atoms with E-state index < -0.39 is 6.10 Å². The number of nitrogens with zero attached hydrogens (tertiary/aromatic N) is 1. The largest absolute Gasteiger partial charge is 0.478 e. The first-order chi connectivity index (χ1) is 9.93. The van der Waals surface area contributed by atoms with E-state index in [0.29, 0.717) is 12.5 Å². The molecule has 1 aromatic carbocycles. The number of fused-ring (bicyclic) bond motifs is 1. The maximum absolute atomic E-state index is 12.7. The molecule has 0 spiro atoms. The summed E-state index contributed by atoms with van der Waals surface area (Å²) in [4.78, 5) is 14.5. The van der Waals surface area contributed by atoms with Gasteiger partial charge in [0.25, 0.3) is 5.91 Å². The van der Waals surface area contributed by atoms with Gasteiger partial charge in [0.2, 0.25) is 0 Å². The number of rotatable bonds is 5. The molecule has 2 rings (SSSR count). The van der Waals surface area contributed by atoms with Gasteiger partial charge in [-0.2, -0.15) is 0 Å². The Kier molecular flexibility index (Phi) is 4.88. The Morgan fingerprint density at radius 3 is 2.57 bits per heavy atom. The molecule has 1 atom stereocenters. The van der Waals surface area contributed by atoms with Crippen molar-refractivity contribution in [3.63, 3.8) is 0 Å². The molecule has 0 bridgehead atoms. The van der Waals surface area contributed by atoms with Gasteiger partial charge >= 0.3 is 0 Å². The van der Waals surface area contributed by atoms with Crippen LogP contribution in [0.5, 0.6) is 5.75 Å². The first kappa shape index (κ1) is 15.8. The zero-order valence-corrected chi connectivity index (χ0v) is 13.3. The van der Waals surface area contributed by atoms with Crippen molar-refractivity contribution in [3.05, 3.63) is 23.8 Å². The zero-order valence-electron chi connectivity index (χ0n) is 13.3. The van der Waals surface area contributed by atoms with Crippen LogP contribution in [0.4, 0.5) is 5.69 Å². The van der Waals surface area contributed by atoms with E-state index in [1.807, 2.05) is 36.9 Å². The fraction of sp³-hybridized carbons (Fsp3) is 0.588. The molecule has 1 heterocycles. The minimum atomic E-state index is -0.426. The molecule has 0 aromatic heterocycles. The topological polar surface area (TPSA) is 49.8 Å². The highest BCUT2D eigenvalue weighted by molar-refractivity contribution is 6.00. The quantitative estimate of drug-likeness (QED) is 0.907. The minimum absolute atomic E-state index is 0.0215. The lowest BCUT2D eigenvalue weighted by Gasteiger charge is -2.36. The Morgan fingerprint density at radius 2 is 2.00 bits per heavy atom. The van der Waals surface area contributed by atoms with Crippen molar-refractivity contribution in [3.8, 4) is 5.75 Å². The van der Waals surface area contributed by atoms with Crippen LogP contribution in [0.25, 0.3) is 0 Å². The first-order valence-corrected chi connectivity index (χ1v) is 7.65. The lowest BCUT2D eigenvalue weighted by molar-refractivity contribution is -0.128. The molecule has 1 N–H and O–H groups in total. The van der Waals surface area contributed by atoms with Gasteiger partial charge in [-0.25, -0.2) is 0 Å². The highest BCUT2D eigenvalue weighted by atomic mass is 16.5. The Labute approximate surface area is 126 Å². The van der Waals surface area contributed by atoms with Gasteiger partial charge in [0.15, 0.2) is 6.10 Å². The van der Waals surface area contributed by atoms with E-state index in [4.69, 9.17) is 4.74 Å². The van der Waals surface area contributed by atoms with Crippen molar-refractivity contribution >= 4 is 11.6 Å². The standard InChI is InChI=1S/C17H25NO3/c1-11(2)7-8-18-14-9-13(10-19)5-6-15(14)21-16(12(3)4)17(18)20/h5-6,9,11-12,16,19H,7-8,10H2,1-4H3. The smallest absolute Gasteiger partial charge is 0.268 e. The van der Waals surface area contributed by atoms with Crippen LogP contribution in [0.1, 0.15) is 39.7 Å². The number of amides is 1. The van der Waals surface area contributed by atoms with Crippen molar-refractivity contribution in [2.45, 2.75) is 46.8 Å². The predicted octanol–water partition coefficient (Wildman–Crippen LogP) is 2.98. The second-order valence-electron chi connectivity index (χ2n) is 6.42. The molecule has 0 fully saturated rings. The maximum atomic E-state index is 12.7. The first-order valence-electron chi connectivity index (χ1n) is 7.65. The molecule has 1 aliphatic heterocycles. The van der Waals surface area contributed by atoms with Crippen LogP contribution in [0.15, 0.2) is 18.2 Å². The molecule has 116 valence electrons. The van der Waals surface area contributed by atoms with Crippen LogP contribution in [0.3, 0.4) is 0 Å². The third-order valence-electron chi connectivity index (χ3n) is 3.80. The lowest BCUT2D eigenvalue weighted by atomic mass is 10.0. The molecule has 21 heavy (non-hydrogen) atoms. The molecular formula is C17H25NO3. The third-order valence-corrected chi connectivity index (χ3v) is 3.80. The van der Waals surface area contributed by atoms with E-state index in [2.05, 4.69) is 13.8 Å². The summed E-state index contributed by atoms with van der Waals surface area (Å²) in [6.45, 7) is 8.94. The van der Waals surface area contributed by atoms with Gasteiger partial charge in [-0.05, 0) is 36.0 Å². The average Bonchev–Trinajstić information content (AvgIpc) is 2.44. The van der Waals surface area contributed by atoms with E-state index in [0.717, 1.165) is 23.4 Å². The van der Waals surface area contributed by atoms with E-state index in [9.17, 15) is 9.90 Å². The van der Waals surface area contributed by atoms with Crippen molar-refractivity contribution in [2.75, 3.05) is 11.4 Å². The van der Waals surface area contributed by atoms with Crippen LogP contribution >= 0.6 is 0 Å². The average molecular weight is 291 g/mol. The van der Waals surface area contributed by atoms with Gasteiger partial charge in [0.1, 0.15) is 5.75 Å². The number of ether oxygens (including phenoxy) is 1. The van der Waals surface area contributed by atoms with Gasteiger partial charge in [-0.15, -0.1) is 0 Å². The van der Waals surface area contributed by atoms with E-state index in [1.54, 1.807) is 0 Å². The summed E-state index contributed by atoms with van der Waals surface area (Å²) in [5.74, 6) is 1.41. The molecule has 4 heteroatoms. The van der Waals surface area contributed by atoms with Gasteiger partial charge in [0.05, 0.1) is 12.3 Å². The molecule has 4 nitrogen and oxygen atoms in total. The second kappa shape index (κ2) is 6.48. The predicted molar refractivity (Wildman–Crippen MR) is 83.4 cm³/mol. The van der Waals surface area contributed by atoms with Gasteiger partial charge in [-0.1, -0.05) is 33.8 Å². The Morgan fingerprint density at radius 1 is 1.29 bits per heavy atom. The molecule has 0 radical (unpaired) electrons. The Hall–Kier alpha value is -1.55. The van der Waals surface area contributed by atoms with Crippen LogP contribution in [0.2, 0.25) is 0 Å². The van der Waals surface area contributed by atoms with Gasteiger partial charge in [-0.3, -0.25) is 4.79 Å². The monoisotopic (exact) mass is 291 g/mol. The Balaban J connectivity index is 2.37. The maximum Gasteiger partial charge on any atom is 0.268 e. The lowest BCUT2D eigenvalue weighted by Crippen LogP contribution is -2.48. The highest BCUT2D eigenvalue weighted by Gasteiger charge is 2.36. The van der Waals surface area contributed by atoms with Gasteiger partial charge in [0, 0.05) is 6.54 Å². The second-order valence-corrected chi connectivity index (χ2v) is 6.42. The number of aliphatic hydroxyl groups is 1. The summed E-state index contributed by atoms with van der Waals surface area (Å²) in [6.07, 6.45) is 0.518. The fourth-order valence-electron chi connectivity index (χ4n) is 2.47. The molecule has 1 aliphatic rings.